The van der Waals surface area contributed by atoms with Crippen molar-refractivity contribution in [1.82, 2.24) is 14.8 Å². The number of methoxy groups -OCH3 is 1. The van der Waals surface area contributed by atoms with Crippen molar-refractivity contribution in [3.05, 3.63) is 48.4 Å². The maximum atomic E-state index is 12.5. The molecule has 0 spiro atoms. The Morgan fingerprint density at radius 1 is 1.48 bits per heavy atom. The summed E-state index contributed by atoms with van der Waals surface area (Å²) in [6.45, 7) is 6.05. The maximum Gasteiger partial charge on any atom is 0.317 e. The standard InChI is InChI=1S/C16H18N4O3/c1-4-23-15(21)13-10(2)19-16-17-9-18-20(16)14(13)11-6-5-7-12(8-11)22-3/h5-9,13-14H,2,4H2,1,3H3,(H,17,18,19)/t13-,14+/m1/s1. The van der Waals surface area contributed by atoms with E-state index >= 15 is 0 Å². The van der Waals surface area contributed by atoms with E-state index in [9.17, 15) is 4.79 Å². The molecular weight excluding hydrogens is 296 g/mol. The van der Waals surface area contributed by atoms with Crippen LogP contribution in [0.1, 0.15) is 18.5 Å². The molecule has 1 aliphatic heterocycles. The summed E-state index contributed by atoms with van der Waals surface area (Å²) in [7, 11) is 1.60. The highest BCUT2D eigenvalue weighted by molar-refractivity contribution is 5.79. The number of carbonyl (C=O) groups is 1. The Balaban J connectivity index is 2.10. The van der Waals surface area contributed by atoms with Gasteiger partial charge in [-0.25, -0.2) is 4.68 Å². The summed E-state index contributed by atoms with van der Waals surface area (Å²) < 4.78 is 12.2. The molecule has 2 heterocycles. The summed E-state index contributed by atoms with van der Waals surface area (Å²) in [4.78, 5) is 16.6. The minimum absolute atomic E-state index is 0.303. The van der Waals surface area contributed by atoms with Crippen LogP contribution >= 0.6 is 0 Å². The Bertz CT molecular complexity index is 740. The molecule has 0 saturated carbocycles. The molecule has 2 atom stereocenters. The first-order chi connectivity index (χ1) is 11.2. The minimum atomic E-state index is -0.601. The molecule has 7 nitrogen and oxygen atoms in total. The van der Waals surface area contributed by atoms with Gasteiger partial charge in [0.2, 0.25) is 5.95 Å². The zero-order valence-corrected chi connectivity index (χ0v) is 13.0. The molecule has 0 radical (unpaired) electrons. The predicted molar refractivity (Wildman–Crippen MR) is 84.0 cm³/mol. The van der Waals surface area contributed by atoms with E-state index in [1.807, 2.05) is 24.3 Å². The molecule has 1 aliphatic rings. The van der Waals surface area contributed by atoms with Gasteiger partial charge in [-0.2, -0.15) is 10.1 Å². The number of ether oxygens (including phenoxy) is 2. The topological polar surface area (TPSA) is 78.3 Å². The summed E-state index contributed by atoms with van der Waals surface area (Å²) in [6, 6.07) is 7.12. The number of benzene rings is 1. The van der Waals surface area contributed by atoms with Gasteiger partial charge in [-0.15, -0.1) is 0 Å². The second kappa shape index (κ2) is 6.12. The summed E-state index contributed by atoms with van der Waals surface area (Å²) in [5.74, 6) is 0.300. The van der Waals surface area contributed by atoms with Gasteiger partial charge < -0.3 is 14.8 Å². The lowest BCUT2D eigenvalue weighted by molar-refractivity contribution is -0.147. The third-order valence-corrected chi connectivity index (χ3v) is 3.78. The number of rotatable bonds is 4. The van der Waals surface area contributed by atoms with Gasteiger partial charge >= 0.3 is 5.97 Å². The number of anilines is 1. The zero-order chi connectivity index (χ0) is 16.4. The first-order valence-corrected chi connectivity index (χ1v) is 7.31. The molecular formula is C16H18N4O3. The molecule has 7 heteroatoms. The van der Waals surface area contributed by atoms with Crippen LogP contribution in [0.4, 0.5) is 5.95 Å². The predicted octanol–water partition coefficient (Wildman–Crippen LogP) is 1.99. The van der Waals surface area contributed by atoms with Crippen molar-refractivity contribution < 1.29 is 14.3 Å². The van der Waals surface area contributed by atoms with E-state index in [0.29, 0.717) is 24.0 Å². The third-order valence-electron chi connectivity index (χ3n) is 3.78. The second-order valence-corrected chi connectivity index (χ2v) is 5.13. The summed E-state index contributed by atoms with van der Waals surface area (Å²) in [5.41, 5.74) is 1.41. The van der Waals surface area contributed by atoms with Crippen molar-refractivity contribution in [3.63, 3.8) is 0 Å². The number of nitrogens with zero attached hydrogens (tertiary/aromatic N) is 3. The molecule has 1 aromatic heterocycles. The second-order valence-electron chi connectivity index (χ2n) is 5.13. The van der Waals surface area contributed by atoms with E-state index in [1.165, 1.54) is 6.33 Å². The molecule has 3 rings (SSSR count). The number of aromatic nitrogens is 3. The van der Waals surface area contributed by atoms with Crippen LogP contribution in [0.3, 0.4) is 0 Å². The number of carbonyl (C=O) groups excluding carboxylic acids is 1. The number of hydrogen-bond acceptors (Lipinski definition) is 6. The van der Waals surface area contributed by atoms with Crippen LogP contribution in [0.25, 0.3) is 0 Å². The molecule has 0 unspecified atom stereocenters. The van der Waals surface area contributed by atoms with Crippen molar-refractivity contribution >= 4 is 11.9 Å². The van der Waals surface area contributed by atoms with Crippen molar-refractivity contribution in [1.29, 1.82) is 0 Å². The van der Waals surface area contributed by atoms with Gasteiger partial charge in [-0.3, -0.25) is 4.79 Å². The smallest absolute Gasteiger partial charge is 0.317 e. The summed E-state index contributed by atoms with van der Waals surface area (Å²) in [6.07, 6.45) is 1.44. The Labute approximate surface area is 133 Å². The first-order valence-electron chi connectivity index (χ1n) is 7.31. The molecule has 0 aliphatic carbocycles. The van der Waals surface area contributed by atoms with Gasteiger partial charge in [0, 0.05) is 5.70 Å². The molecule has 1 N–H and O–H groups in total. The molecule has 0 saturated heterocycles. The highest BCUT2D eigenvalue weighted by atomic mass is 16.5. The number of nitrogens with one attached hydrogen (secondary N) is 1. The zero-order valence-electron chi connectivity index (χ0n) is 13.0. The van der Waals surface area contributed by atoms with Crippen molar-refractivity contribution in [3.8, 4) is 5.75 Å². The number of esters is 1. The average Bonchev–Trinajstić information content (AvgIpc) is 3.01. The fourth-order valence-corrected chi connectivity index (χ4v) is 2.76. The Morgan fingerprint density at radius 3 is 3.04 bits per heavy atom. The third kappa shape index (κ3) is 2.65. The van der Waals surface area contributed by atoms with Crippen molar-refractivity contribution in [2.75, 3.05) is 19.0 Å². The quantitative estimate of drug-likeness (QED) is 0.870. The molecule has 1 aromatic carbocycles. The minimum Gasteiger partial charge on any atom is -0.497 e. The largest absolute Gasteiger partial charge is 0.497 e. The lowest BCUT2D eigenvalue weighted by Gasteiger charge is -2.33. The van der Waals surface area contributed by atoms with Gasteiger partial charge in [-0.05, 0) is 24.6 Å². The van der Waals surface area contributed by atoms with E-state index in [-0.39, 0.29) is 5.97 Å². The van der Waals surface area contributed by atoms with E-state index < -0.39 is 12.0 Å². The molecule has 23 heavy (non-hydrogen) atoms. The lowest BCUT2D eigenvalue weighted by Crippen LogP contribution is -2.37. The van der Waals surface area contributed by atoms with Crippen LogP contribution in [0.5, 0.6) is 5.75 Å². The molecule has 0 bridgehead atoms. The lowest BCUT2D eigenvalue weighted by atomic mass is 9.89. The molecule has 0 fully saturated rings. The van der Waals surface area contributed by atoms with Crippen LogP contribution in [-0.4, -0.2) is 34.5 Å². The fraction of sp³-hybridized carbons (Fsp3) is 0.312. The number of fused-ring (bicyclic) bond motifs is 1. The summed E-state index contributed by atoms with van der Waals surface area (Å²) in [5, 5.41) is 7.27. The van der Waals surface area contributed by atoms with Gasteiger partial charge in [0.25, 0.3) is 0 Å². The van der Waals surface area contributed by atoms with E-state index in [0.717, 1.165) is 5.56 Å². The van der Waals surface area contributed by atoms with Crippen molar-refractivity contribution in [2.24, 2.45) is 5.92 Å². The van der Waals surface area contributed by atoms with Crippen LogP contribution in [0, 0.1) is 5.92 Å². The van der Waals surface area contributed by atoms with Crippen LogP contribution in [0.2, 0.25) is 0 Å². The Morgan fingerprint density at radius 2 is 2.30 bits per heavy atom. The summed E-state index contributed by atoms with van der Waals surface area (Å²) >= 11 is 0. The van der Waals surface area contributed by atoms with Gasteiger partial charge in [0.15, 0.2) is 0 Å². The highest BCUT2D eigenvalue weighted by Crippen LogP contribution is 2.38. The Hall–Kier alpha value is -2.83. The maximum absolute atomic E-state index is 12.5. The number of hydrogen-bond donors (Lipinski definition) is 1. The SMILES string of the molecule is C=C1Nc2ncnn2[C@@H](c2cccc(OC)c2)[C@@H]1C(=O)OCC. The van der Waals surface area contributed by atoms with E-state index in [1.54, 1.807) is 18.7 Å². The van der Waals surface area contributed by atoms with Crippen LogP contribution in [0.15, 0.2) is 42.9 Å². The molecule has 0 amide bonds. The monoisotopic (exact) mass is 314 g/mol. The molecule has 120 valence electrons. The highest BCUT2D eigenvalue weighted by Gasteiger charge is 2.40. The van der Waals surface area contributed by atoms with Crippen molar-refractivity contribution in [2.45, 2.75) is 13.0 Å². The van der Waals surface area contributed by atoms with Crippen LogP contribution in [-0.2, 0) is 9.53 Å². The fourth-order valence-electron chi connectivity index (χ4n) is 2.76. The normalized spacial score (nSPS) is 19.7. The van der Waals surface area contributed by atoms with Gasteiger partial charge in [0.05, 0.1) is 19.8 Å². The van der Waals surface area contributed by atoms with E-state index in [4.69, 9.17) is 9.47 Å². The van der Waals surface area contributed by atoms with Gasteiger partial charge in [-0.1, -0.05) is 18.7 Å². The van der Waals surface area contributed by atoms with E-state index in [2.05, 4.69) is 22.0 Å². The van der Waals surface area contributed by atoms with Gasteiger partial charge in [0.1, 0.15) is 18.0 Å². The average molecular weight is 314 g/mol. The molecule has 2 aromatic rings. The first kappa shape index (κ1) is 15.1. The van der Waals surface area contributed by atoms with Crippen LogP contribution < -0.4 is 10.1 Å². The Kier molecular flexibility index (Phi) is 4.01.